The minimum atomic E-state index is -0.355. The number of aromatic nitrogens is 2. The Morgan fingerprint density at radius 3 is 2.67 bits per heavy atom. The van der Waals surface area contributed by atoms with Crippen molar-refractivity contribution < 1.29 is 0 Å². The maximum atomic E-state index is 12.4. The van der Waals surface area contributed by atoms with E-state index in [9.17, 15) is 9.59 Å². The Morgan fingerprint density at radius 1 is 1.05 bits per heavy atom. The van der Waals surface area contributed by atoms with Gasteiger partial charge in [-0.2, -0.15) is 0 Å². The second-order valence-electron chi connectivity index (χ2n) is 5.17. The standard InChI is InChI=1S/C17H16N2O2/c1-12-5-4-6-13(11-12)9-10-19-16(20)14-7-2-3-8-15(14)18-17(19)21/h2-8,11H,9-10H2,1H3,(H,18,21). The molecule has 4 nitrogen and oxygen atoms in total. The quantitative estimate of drug-likeness (QED) is 0.800. The lowest BCUT2D eigenvalue weighted by atomic mass is 10.1. The average Bonchev–Trinajstić information content (AvgIpc) is 2.47. The largest absolute Gasteiger partial charge is 0.328 e. The first-order valence-electron chi connectivity index (χ1n) is 6.92. The van der Waals surface area contributed by atoms with Crippen LogP contribution in [0, 0.1) is 6.92 Å². The molecular formula is C17H16N2O2. The molecule has 3 aromatic rings. The second kappa shape index (κ2) is 5.40. The average molecular weight is 280 g/mol. The fourth-order valence-electron chi connectivity index (χ4n) is 2.51. The molecule has 106 valence electrons. The number of nitrogens with zero attached hydrogens (tertiary/aromatic N) is 1. The number of aryl methyl sites for hydroxylation is 2. The topological polar surface area (TPSA) is 54.9 Å². The van der Waals surface area contributed by atoms with E-state index in [1.165, 1.54) is 10.1 Å². The smallest absolute Gasteiger partial charge is 0.307 e. The molecule has 0 radical (unpaired) electrons. The third-order valence-corrected chi connectivity index (χ3v) is 3.60. The Morgan fingerprint density at radius 2 is 1.86 bits per heavy atom. The summed E-state index contributed by atoms with van der Waals surface area (Å²) in [6.07, 6.45) is 0.656. The maximum Gasteiger partial charge on any atom is 0.328 e. The van der Waals surface area contributed by atoms with Gasteiger partial charge in [0.05, 0.1) is 10.9 Å². The summed E-state index contributed by atoms with van der Waals surface area (Å²) in [5.74, 6) is 0. The highest BCUT2D eigenvalue weighted by Crippen LogP contribution is 2.06. The molecule has 0 aliphatic heterocycles. The predicted molar refractivity (Wildman–Crippen MR) is 83.7 cm³/mol. The number of fused-ring (bicyclic) bond motifs is 1. The zero-order valence-electron chi connectivity index (χ0n) is 11.8. The summed E-state index contributed by atoms with van der Waals surface area (Å²) in [5.41, 5.74) is 2.29. The highest BCUT2D eigenvalue weighted by atomic mass is 16.2. The van der Waals surface area contributed by atoms with Gasteiger partial charge in [0, 0.05) is 6.54 Å². The van der Waals surface area contributed by atoms with Gasteiger partial charge in [0.15, 0.2) is 0 Å². The van der Waals surface area contributed by atoms with Crippen LogP contribution in [0.4, 0.5) is 0 Å². The number of rotatable bonds is 3. The van der Waals surface area contributed by atoms with Crippen LogP contribution < -0.4 is 11.2 Å². The Hall–Kier alpha value is -2.62. The molecule has 0 spiro atoms. The van der Waals surface area contributed by atoms with Gasteiger partial charge in [-0.1, -0.05) is 42.0 Å². The fourth-order valence-corrected chi connectivity index (χ4v) is 2.51. The lowest BCUT2D eigenvalue weighted by molar-refractivity contribution is 0.636. The van der Waals surface area contributed by atoms with E-state index in [1.807, 2.05) is 25.1 Å². The molecule has 0 amide bonds. The van der Waals surface area contributed by atoms with Gasteiger partial charge in [-0.3, -0.25) is 9.36 Å². The Kier molecular flexibility index (Phi) is 3.44. The number of hydrogen-bond donors (Lipinski definition) is 1. The van der Waals surface area contributed by atoms with Crippen molar-refractivity contribution in [2.24, 2.45) is 0 Å². The molecule has 0 fully saturated rings. The van der Waals surface area contributed by atoms with E-state index in [0.29, 0.717) is 23.9 Å². The maximum absolute atomic E-state index is 12.4. The first-order valence-corrected chi connectivity index (χ1v) is 6.92. The third kappa shape index (κ3) is 2.65. The molecule has 0 saturated carbocycles. The van der Waals surface area contributed by atoms with Crippen LogP contribution in [0.15, 0.2) is 58.1 Å². The Bertz CT molecular complexity index is 906. The number of H-pyrrole nitrogens is 1. The predicted octanol–water partition coefficient (Wildman–Crippen LogP) is 2.24. The van der Waals surface area contributed by atoms with Crippen LogP contribution in [0.3, 0.4) is 0 Å². The zero-order valence-corrected chi connectivity index (χ0v) is 11.8. The van der Waals surface area contributed by atoms with Gasteiger partial charge < -0.3 is 4.98 Å². The second-order valence-corrected chi connectivity index (χ2v) is 5.17. The van der Waals surface area contributed by atoms with Gasteiger partial charge in [-0.05, 0) is 31.0 Å². The van der Waals surface area contributed by atoms with E-state index in [0.717, 1.165) is 5.56 Å². The number of benzene rings is 2. The number of para-hydroxylation sites is 1. The first-order chi connectivity index (χ1) is 10.1. The number of aromatic amines is 1. The van der Waals surface area contributed by atoms with Crippen molar-refractivity contribution in [1.29, 1.82) is 0 Å². The molecule has 0 saturated heterocycles. The van der Waals surface area contributed by atoms with Crippen LogP contribution in [0.5, 0.6) is 0 Å². The van der Waals surface area contributed by atoms with Gasteiger partial charge in [-0.25, -0.2) is 4.79 Å². The van der Waals surface area contributed by atoms with Crippen molar-refractivity contribution in [2.45, 2.75) is 19.9 Å². The lowest BCUT2D eigenvalue weighted by Crippen LogP contribution is -2.35. The van der Waals surface area contributed by atoms with Crippen LogP contribution >= 0.6 is 0 Å². The summed E-state index contributed by atoms with van der Waals surface area (Å²) >= 11 is 0. The van der Waals surface area contributed by atoms with Crippen LogP contribution in [0.25, 0.3) is 10.9 Å². The van der Waals surface area contributed by atoms with Crippen molar-refractivity contribution in [3.05, 3.63) is 80.5 Å². The van der Waals surface area contributed by atoms with Gasteiger partial charge in [0.25, 0.3) is 5.56 Å². The molecule has 0 atom stereocenters. The van der Waals surface area contributed by atoms with E-state index in [2.05, 4.69) is 11.1 Å². The van der Waals surface area contributed by atoms with Gasteiger partial charge in [0.2, 0.25) is 0 Å². The van der Waals surface area contributed by atoms with E-state index < -0.39 is 0 Å². The summed E-state index contributed by atoms with van der Waals surface area (Å²) in [4.78, 5) is 27.2. The number of hydrogen-bond acceptors (Lipinski definition) is 2. The Labute approximate surface area is 121 Å². The molecule has 0 aliphatic rings. The van der Waals surface area contributed by atoms with Crippen LogP contribution in [0.2, 0.25) is 0 Å². The van der Waals surface area contributed by atoms with Gasteiger partial charge >= 0.3 is 5.69 Å². The first kappa shape index (κ1) is 13.4. The molecule has 21 heavy (non-hydrogen) atoms. The monoisotopic (exact) mass is 280 g/mol. The van der Waals surface area contributed by atoms with E-state index >= 15 is 0 Å². The van der Waals surface area contributed by atoms with E-state index in [1.54, 1.807) is 24.3 Å². The van der Waals surface area contributed by atoms with Gasteiger partial charge in [0.1, 0.15) is 0 Å². The Balaban J connectivity index is 1.97. The minimum absolute atomic E-state index is 0.234. The minimum Gasteiger partial charge on any atom is -0.307 e. The fraction of sp³-hybridized carbons (Fsp3) is 0.176. The van der Waals surface area contributed by atoms with Crippen molar-refractivity contribution in [3.8, 4) is 0 Å². The van der Waals surface area contributed by atoms with Crippen LogP contribution in [0.1, 0.15) is 11.1 Å². The molecule has 1 heterocycles. The molecule has 0 bridgehead atoms. The summed E-state index contributed by atoms with van der Waals surface area (Å²) in [6, 6.07) is 15.2. The highest BCUT2D eigenvalue weighted by molar-refractivity contribution is 5.76. The zero-order chi connectivity index (χ0) is 14.8. The molecule has 0 aliphatic carbocycles. The lowest BCUT2D eigenvalue weighted by Gasteiger charge is -2.07. The molecule has 1 N–H and O–H groups in total. The normalized spacial score (nSPS) is 10.9. The molecule has 4 heteroatoms. The molecule has 2 aromatic carbocycles. The summed E-state index contributed by atoms with van der Waals surface area (Å²) in [7, 11) is 0. The van der Waals surface area contributed by atoms with Crippen LogP contribution in [-0.4, -0.2) is 9.55 Å². The van der Waals surface area contributed by atoms with Crippen molar-refractivity contribution in [1.82, 2.24) is 9.55 Å². The molecule has 1 aromatic heterocycles. The van der Waals surface area contributed by atoms with E-state index in [4.69, 9.17) is 0 Å². The van der Waals surface area contributed by atoms with Crippen LogP contribution in [-0.2, 0) is 13.0 Å². The molecule has 0 unspecified atom stereocenters. The summed E-state index contributed by atoms with van der Waals surface area (Å²) < 4.78 is 1.27. The SMILES string of the molecule is Cc1cccc(CCn2c(=O)[nH]c3ccccc3c2=O)c1. The third-order valence-electron chi connectivity index (χ3n) is 3.60. The summed E-state index contributed by atoms with van der Waals surface area (Å²) in [5, 5.41) is 0.543. The molecule has 3 rings (SSSR count). The summed E-state index contributed by atoms with van der Waals surface area (Å²) in [6.45, 7) is 2.40. The van der Waals surface area contributed by atoms with Crippen molar-refractivity contribution >= 4 is 10.9 Å². The van der Waals surface area contributed by atoms with Crippen molar-refractivity contribution in [2.75, 3.05) is 0 Å². The van der Waals surface area contributed by atoms with Gasteiger partial charge in [-0.15, -0.1) is 0 Å². The molecular weight excluding hydrogens is 264 g/mol. The van der Waals surface area contributed by atoms with E-state index in [-0.39, 0.29) is 11.2 Å². The van der Waals surface area contributed by atoms with Crippen molar-refractivity contribution in [3.63, 3.8) is 0 Å². The highest BCUT2D eigenvalue weighted by Gasteiger charge is 2.07. The number of nitrogens with one attached hydrogen (secondary N) is 1.